The topological polar surface area (TPSA) is 95.7 Å². The molecule has 4 aromatic rings. The molecule has 1 aromatic carbocycles. The molecular formula is C16H14N6O2S. The van der Waals surface area contributed by atoms with Crippen LogP contribution in [0.15, 0.2) is 56.8 Å². The molecule has 3 aromatic heterocycles. The lowest BCUT2D eigenvalue weighted by atomic mass is 10.1. The Morgan fingerprint density at radius 1 is 1.16 bits per heavy atom. The highest BCUT2D eigenvalue weighted by Gasteiger charge is 2.13. The van der Waals surface area contributed by atoms with Crippen molar-refractivity contribution in [2.45, 2.75) is 24.4 Å². The molecule has 0 spiro atoms. The number of hydrogen-bond acceptors (Lipinski definition) is 8. The van der Waals surface area contributed by atoms with Crippen molar-refractivity contribution in [3.63, 3.8) is 0 Å². The highest BCUT2D eigenvalue weighted by Crippen LogP contribution is 2.22. The maximum atomic E-state index is 5.33. The second-order valence-electron chi connectivity index (χ2n) is 5.37. The van der Waals surface area contributed by atoms with Gasteiger partial charge in [-0.2, -0.15) is 4.98 Å². The second-order valence-corrected chi connectivity index (χ2v) is 6.31. The SMILES string of the molecule is Cc1ccc(-c2nc(CSc3nnnn3Cc3ccco3)no2)cc1. The van der Waals surface area contributed by atoms with Gasteiger partial charge in [0.05, 0.1) is 12.0 Å². The van der Waals surface area contributed by atoms with Crippen molar-refractivity contribution in [1.82, 2.24) is 30.3 Å². The van der Waals surface area contributed by atoms with Gasteiger partial charge in [0.15, 0.2) is 5.82 Å². The normalized spacial score (nSPS) is 11.1. The summed E-state index contributed by atoms with van der Waals surface area (Å²) in [7, 11) is 0. The van der Waals surface area contributed by atoms with Crippen molar-refractivity contribution in [2.75, 3.05) is 0 Å². The van der Waals surface area contributed by atoms with E-state index in [-0.39, 0.29) is 0 Å². The molecule has 0 atom stereocenters. The van der Waals surface area contributed by atoms with Crippen LogP contribution in [0.3, 0.4) is 0 Å². The molecule has 0 bridgehead atoms. The van der Waals surface area contributed by atoms with Crippen LogP contribution in [0.4, 0.5) is 0 Å². The van der Waals surface area contributed by atoms with E-state index in [4.69, 9.17) is 8.94 Å². The molecular weight excluding hydrogens is 340 g/mol. The Balaban J connectivity index is 1.42. The third-order valence-electron chi connectivity index (χ3n) is 3.48. The van der Waals surface area contributed by atoms with Crippen LogP contribution in [-0.4, -0.2) is 30.3 Å². The van der Waals surface area contributed by atoms with Gasteiger partial charge in [-0.1, -0.05) is 34.6 Å². The van der Waals surface area contributed by atoms with Crippen LogP contribution < -0.4 is 0 Å². The molecule has 3 heterocycles. The third-order valence-corrected chi connectivity index (χ3v) is 4.43. The number of rotatable bonds is 6. The Hall–Kier alpha value is -2.94. The third kappa shape index (κ3) is 3.61. The summed E-state index contributed by atoms with van der Waals surface area (Å²) in [5, 5.41) is 16.4. The van der Waals surface area contributed by atoms with Crippen molar-refractivity contribution < 1.29 is 8.94 Å². The van der Waals surface area contributed by atoms with E-state index in [0.29, 0.717) is 29.2 Å². The number of thioether (sulfide) groups is 1. The highest BCUT2D eigenvalue weighted by atomic mass is 32.2. The molecule has 0 fully saturated rings. The first-order valence-electron chi connectivity index (χ1n) is 7.59. The standard InChI is InChI=1S/C16H14N6O2S/c1-11-4-6-12(7-5-11)15-17-14(19-24-15)10-25-16-18-20-21-22(16)9-13-3-2-8-23-13/h2-8H,9-10H2,1H3. The zero-order valence-corrected chi connectivity index (χ0v) is 14.2. The predicted octanol–water partition coefficient (Wildman–Crippen LogP) is 2.97. The van der Waals surface area contributed by atoms with Crippen molar-refractivity contribution in [3.8, 4) is 11.5 Å². The number of hydrogen-bond donors (Lipinski definition) is 0. The molecule has 0 radical (unpaired) electrons. The molecule has 0 saturated heterocycles. The number of benzene rings is 1. The predicted molar refractivity (Wildman–Crippen MR) is 89.7 cm³/mol. The summed E-state index contributed by atoms with van der Waals surface area (Å²) in [6.45, 7) is 2.51. The fourth-order valence-electron chi connectivity index (χ4n) is 2.20. The van der Waals surface area contributed by atoms with Gasteiger partial charge < -0.3 is 8.94 Å². The highest BCUT2D eigenvalue weighted by molar-refractivity contribution is 7.98. The van der Waals surface area contributed by atoms with E-state index in [0.717, 1.165) is 11.3 Å². The maximum Gasteiger partial charge on any atom is 0.257 e. The van der Waals surface area contributed by atoms with E-state index in [9.17, 15) is 0 Å². The molecule has 0 aliphatic carbocycles. The lowest BCUT2D eigenvalue weighted by Gasteiger charge is -2.00. The first-order chi connectivity index (χ1) is 12.3. The van der Waals surface area contributed by atoms with Crippen LogP contribution in [0.5, 0.6) is 0 Å². The molecule has 4 rings (SSSR count). The van der Waals surface area contributed by atoms with Gasteiger partial charge in [0.1, 0.15) is 12.3 Å². The number of tetrazole rings is 1. The zero-order valence-electron chi connectivity index (χ0n) is 13.4. The number of aryl methyl sites for hydroxylation is 1. The quantitative estimate of drug-likeness (QED) is 0.488. The summed E-state index contributed by atoms with van der Waals surface area (Å²) in [4.78, 5) is 4.42. The summed E-state index contributed by atoms with van der Waals surface area (Å²) < 4.78 is 12.3. The number of furan rings is 1. The van der Waals surface area contributed by atoms with Crippen molar-refractivity contribution in [1.29, 1.82) is 0 Å². The van der Waals surface area contributed by atoms with E-state index < -0.39 is 0 Å². The fourth-order valence-corrected chi connectivity index (χ4v) is 2.92. The van der Waals surface area contributed by atoms with Crippen LogP contribution in [0, 0.1) is 6.92 Å². The second kappa shape index (κ2) is 6.89. The Bertz CT molecular complexity index is 945. The van der Waals surface area contributed by atoms with Crippen LogP contribution in [0.2, 0.25) is 0 Å². The van der Waals surface area contributed by atoms with Crippen LogP contribution in [0.25, 0.3) is 11.5 Å². The molecule has 0 aliphatic rings. The van der Waals surface area contributed by atoms with Gasteiger partial charge in [-0.3, -0.25) is 0 Å². The molecule has 0 saturated carbocycles. The first kappa shape index (κ1) is 15.6. The smallest absolute Gasteiger partial charge is 0.257 e. The maximum absolute atomic E-state index is 5.33. The Morgan fingerprint density at radius 3 is 2.84 bits per heavy atom. The lowest BCUT2D eigenvalue weighted by Crippen LogP contribution is -2.03. The minimum atomic E-state index is 0.475. The average Bonchev–Trinajstić information content (AvgIpc) is 3.36. The lowest BCUT2D eigenvalue weighted by molar-refractivity contribution is 0.425. The summed E-state index contributed by atoms with van der Waals surface area (Å²) >= 11 is 1.44. The number of aromatic nitrogens is 6. The van der Waals surface area contributed by atoms with E-state index >= 15 is 0 Å². The molecule has 0 aliphatic heterocycles. The largest absolute Gasteiger partial charge is 0.467 e. The Kier molecular flexibility index (Phi) is 4.30. The van der Waals surface area contributed by atoms with Gasteiger partial charge in [-0.05, 0) is 41.6 Å². The van der Waals surface area contributed by atoms with E-state index in [1.165, 1.54) is 17.3 Å². The zero-order chi connectivity index (χ0) is 17.1. The van der Waals surface area contributed by atoms with E-state index in [1.54, 1.807) is 10.9 Å². The van der Waals surface area contributed by atoms with Crippen LogP contribution >= 0.6 is 11.8 Å². The van der Waals surface area contributed by atoms with Crippen LogP contribution in [0.1, 0.15) is 17.1 Å². The first-order valence-corrected chi connectivity index (χ1v) is 8.57. The summed E-state index contributed by atoms with van der Waals surface area (Å²) in [5.74, 6) is 2.39. The van der Waals surface area contributed by atoms with Gasteiger partial charge in [0.2, 0.25) is 5.16 Å². The minimum Gasteiger partial charge on any atom is -0.467 e. The summed E-state index contributed by atoms with van der Waals surface area (Å²) in [5.41, 5.74) is 2.08. The fraction of sp³-hybridized carbons (Fsp3) is 0.188. The van der Waals surface area contributed by atoms with Gasteiger partial charge in [-0.15, -0.1) is 5.10 Å². The van der Waals surface area contributed by atoms with E-state index in [2.05, 4.69) is 25.7 Å². The Labute approximate surface area is 147 Å². The molecule has 0 N–H and O–H groups in total. The van der Waals surface area contributed by atoms with Gasteiger partial charge >= 0.3 is 0 Å². The van der Waals surface area contributed by atoms with Gasteiger partial charge in [0, 0.05) is 5.56 Å². The minimum absolute atomic E-state index is 0.475. The molecule has 126 valence electrons. The summed E-state index contributed by atoms with van der Waals surface area (Å²) in [6, 6.07) is 11.7. The van der Waals surface area contributed by atoms with Gasteiger partial charge in [0.25, 0.3) is 5.89 Å². The molecule has 0 unspecified atom stereocenters. The molecule has 25 heavy (non-hydrogen) atoms. The van der Waals surface area contributed by atoms with Gasteiger partial charge in [-0.25, -0.2) is 4.68 Å². The average molecular weight is 354 g/mol. The van der Waals surface area contributed by atoms with Crippen molar-refractivity contribution in [2.24, 2.45) is 0 Å². The molecule has 8 nitrogen and oxygen atoms in total. The summed E-state index contributed by atoms with van der Waals surface area (Å²) in [6.07, 6.45) is 1.62. The Morgan fingerprint density at radius 2 is 2.04 bits per heavy atom. The van der Waals surface area contributed by atoms with E-state index in [1.807, 2.05) is 43.3 Å². The number of nitrogens with zero attached hydrogens (tertiary/aromatic N) is 6. The molecule has 9 heteroatoms. The monoisotopic (exact) mass is 354 g/mol. The van der Waals surface area contributed by atoms with Crippen LogP contribution in [-0.2, 0) is 12.3 Å². The molecule has 0 amide bonds. The van der Waals surface area contributed by atoms with Crippen molar-refractivity contribution in [3.05, 3.63) is 59.8 Å². The van der Waals surface area contributed by atoms with Crippen molar-refractivity contribution >= 4 is 11.8 Å².